The summed E-state index contributed by atoms with van der Waals surface area (Å²) in [5.74, 6) is 0. The van der Waals surface area contributed by atoms with E-state index in [2.05, 4.69) is 15.0 Å². The van der Waals surface area contributed by atoms with Crippen molar-refractivity contribution in [2.45, 2.75) is 6.92 Å². The van der Waals surface area contributed by atoms with Crippen molar-refractivity contribution in [1.82, 2.24) is 15.0 Å². The van der Waals surface area contributed by atoms with E-state index in [1.165, 1.54) is 0 Å². The van der Waals surface area contributed by atoms with Crippen molar-refractivity contribution in [3.05, 3.63) is 41.6 Å². The Labute approximate surface area is 86.8 Å². The van der Waals surface area contributed by atoms with Crippen molar-refractivity contribution in [2.75, 3.05) is 0 Å². The van der Waals surface area contributed by atoms with Gasteiger partial charge in [0.15, 0.2) is 0 Å². The summed E-state index contributed by atoms with van der Waals surface area (Å²) < 4.78 is 0. The SMILES string of the molecule is Cc1cc(-c2ccnc(Cl)n2)ccn1. The highest BCUT2D eigenvalue weighted by molar-refractivity contribution is 6.28. The molecule has 0 atom stereocenters. The summed E-state index contributed by atoms with van der Waals surface area (Å²) in [7, 11) is 0. The van der Waals surface area contributed by atoms with Crippen molar-refractivity contribution in [2.24, 2.45) is 0 Å². The molecular weight excluding hydrogens is 198 g/mol. The third-order valence-electron chi connectivity index (χ3n) is 1.82. The minimum absolute atomic E-state index is 0.261. The molecule has 0 aliphatic heterocycles. The molecule has 14 heavy (non-hydrogen) atoms. The molecule has 0 radical (unpaired) electrons. The Bertz CT molecular complexity index is 413. The number of aromatic nitrogens is 3. The van der Waals surface area contributed by atoms with Gasteiger partial charge in [0.1, 0.15) is 0 Å². The Kier molecular flexibility index (Phi) is 2.41. The van der Waals surface area contributed by atoms with E-state index in [9.17, 15) is 0 Å². The van der Waals surface area contributed by atoms with Crippen molar-refractivity contribution >= 4 is 11.6 Å². The summed E-state index contributed by atoms with van der Waals surface area (Å²) in [6, 6.07) is 5.67. The molecular formula is C10H8ClN3. The van der Waals surface area contributed by atoms with Gasteiger partial charge in [-0.15, -0.1) is 0 Å². The van der Waals surface area contributed by atoms with Gasteiger partial charge in [0, 0.05) is 23.7 Å². The molecule has 2 aromatic heterocycles. The Hall–Kier alpha value is -1.48. The van der Waals surface area contributed by atoms with Gasteiger partial charge in [0.2, 0.25) is 5.28 Å². The Morgan fingerprint density at radius 1 is 1.14 bits per heavy atom. The molecule has 0 saturated heterocycles. The first-order valence-corrected chi connectivity index (χ1v) is 4.55. The summed E-state index contributed by atoms with van der Waals surface area (Å²) in [6.45, 7) is 1.94. The lowest BCUT2D eigenvalue weighted by molar-refractivity contribution is 1.16. The molecule has 0 amide bonds. The van der Waals surface area contributed by atoms with E-state index in [0.717, 1.165) is 17.0 Å². The van der Waals surface area contributed by atoms with Crippen molar-refractivity contribution in [3.63, 3.8) is 0 Å². The zero-order valence-corrected chi connectivity index (χ0v) is 8.36. The van der Waals surface area contributed by atoms with Gasteiger partial charge in [-0.2, -0.15) is 0 Å². The number of hydrogen-bond donors (Lipinski definition) is 0. The highest BCUT2D eigenvalue weighted by atomic mass is 35.5. The molecule has 0 unspecified atom stereocenters. The van der Waals surface area contributed by atoms with E-state index in [-0.39, 0.29) is 5.28 Å². The molecule has 0 aliphatic carbocycles. The summed E-state index contributed by atoms with van der Waals surface area (Å²) in [5, 5.41) is 0.261. The Morgan fingerprint density at radius 3 is 2.64 bits per heavy atom. The molecule has 0 N–H and O–H groups in total. The van der Waals surface area contributed by atoms with E-state index in [0.29, 0.717) is 0 Å². The van der Waals surface area contributed by atoms with Gasteiger partial charge in [-0.3, -0.25) is 4.98 Å². The topological polar surface area (TPSA) is 38.7 Å². The molecule has 2 rings (SSSR count). The average molecular weight is 206 g/mol. The van der Waals surface area contributed by atoms with Gasteiger partial charge >= 0.3 is 0 Å². The van der Waals surface area contributed by atoms with Crippen molar-refractivity contribution in [1.29, 1.82) is 0 Å². The van der Waals surface area contributed by atoms with Gasteiger partial charge in [-0.1, -0.05) is 0 Å². The smallest absolute Gasteiger partial charge is 0.222 e. The summed E-state index contributed by atoms with van der Waals surface area (Å²) >= 11 is 5.70. The number of hydrogen-bond acceptors (Lipinski definition) is 3. The highest BCUT2D eigenvalue weighted by Crippen LogP contribution is 2.17. The monoisotopic (exact) mass is 205 g/mol. The first-order chi connectivity index (χ1) is 6.75. The van der Waals surface area contributed by atoms with E-state index in [1.54, 1.807) is 12.4 Å². The van der Waals surface area contributed by atoms with Crippen molar-refractivity contribution in [3.8, 4) is 11.3 Å². The van der Waals surface area contributed by atoms with Crippen LogP contribution in [0.3, 0.4) is 0 Å². The van der Waals surface area contributed by atoms with Crippen LogP contribution in [0.1, 0.15) is 5.69 Å². The molecule has 2 heterocycles. The minimum atomic E-state index is 0.261. The first kappa shape index (κ1) is 9.09. The third kappa shape index (κ3) is 1.88. The van der Waals surface area contributed by atoms with Crippen LogP contribution >= 0.6 is 11.6 Å². The minimum Gasteiger partial charge on any atom is -0.262 e. The van der Waals surface area contributed by atoms with Crippen LogP contribution in [0.4, 0.5) is 0 Å². The lowest BCUT2D eigenvalue weighted by Crippen LogP contribution is -1.88. The lowest BCUT2D eigenvalue weighted by Gasteiger charge is -2.00. The standard InChI is InChI=1S/C10H8ClN3/c1-7-6-8(2-4-12-7)9-3-5-13-10(11)14-9/h2-6H,1H3. The van der Waals surface area contributed by atoms with Gasteiger partial charge in [-0.05, 0) is 36.7 Å². The maximum atomic E-state index is 5.70. The Morgan fingerprint density at radius 2 is 1.93 bits per heavy atom. The lowest BCUT2D eigenvalue weighted by atomic mass is 10.2. The van der Waals surface area contributed by atoms with Crippen molar-refractivity contribution < 1.29 is 0 Å². The zero-order valence-electron chi connectivity index (χ0n) is 7.61. The molecule has 4 heteroatoms. The number of nitrogens with zero attached hydrogens (tertiary/aromatic N) is 3. The number of halogens is 1. The maximum absolute atomic E-state index is 5.70. The van der Waals surface area contributed by atoms with Crippen LogP contribution in [-0.4, -0.2) is 15.0 Å². The van der Waals surface area contributed by atoms with Crippen LogP contribution in [0.15, 0.2) is 30.6 Å². The Balaban J connectivity index is 2.49. The van der Waals surface area contributed by atoms with Crippen LogP contribution in [0.5, 0.6) is 0 Å². The van der Waals surface area contributed by atoms with Crippen LogP contribution in [-0.2, 0) is 0 Å². The normalized spacial score (nSPS) is 10.1. The van der Waals surface area contributed by atoms with E-state index >= 15 is 0 Å². The summed E-state index contributed by atoms with van der Waals surface area (Å²) in [4.78, 5) is 12.0. The fourth-order valence-corrected chi connectivity index (χ4v) is 1.35. The zero-order chi connectivity index (χ0) is 9.97. The molecule has 70 valence electrons. The number of aryl methyl sites for hydroxylation is 1. The molecule has 0 aromatic carbocycles. The van der Waals surface area contributed by atoms with Gasteiger partial charge in [0.05, 0.1) is 5.69 Å². The second kappa shape index (κ2) is 3.72. The predicted molar refractivity (Wildman–Crippen MR) is 55.0 cm³/mol. The van der Waals surface area contributed by atoms with Crippen LogP contribution in [0.25, 0.3) is 11.3 Å². The largest absolute Gasteiger partial charge is 0.262 e. The van der Waals surface area contributed by atoms with Gasteiger partial charge in [-0.25, -0.2) is 9.97 Å². The second-order valence-electron chi connectivity index (χ2n) is 2.90. The van der Waals surface area contributed by atoms with Crippen LogP contribution in [0.2, 0.25) is 5.28 Å². The molecule has 0 spiro atoms. The van der Waals surface area contributed by atoms with Crippen LogP contribution < -0.4 is 0 Å². The third-order valence-corrected chi connectivity index (χ3v) is 2.00. The molecule has 2 aromatic rings. The van der Waals surface area contributed by atoms with E-state index in [1.807, 2.05) is 25.1 Å². The predicted octanol–water partition coefficient (Wildman–Crippen LogP) is 2.50. The van der Waals surface area contributed by atoms with Gasteiger partial charge < -0.3 is 0 Å². The fraction of sp³-hybridized carbons (Fsp3) is 0.100. The maximum Gasteiger partial charge on any atom is 0.222 e. The van der Waals surface area contributed by atoms with Crippen LogP contribution in [0, 0.1) is 6.92 Å². The molecule has 0 aliphatic rings. The molecule has 0 saturated carbocycles. The molecule has 0 bridgehead atoms. The highest BCUT2D eigenvalue weighted by Gasteiger charge is 2.00. The number of rotatable bonds is 1. The average Bonchev–Trinajstić information content (AvgIpc) is 2.18. The molecule has 3 nitrogen and oxygen atoms in total. The second-order valence-corrected chi connectivity index (χ2v) is 3.23. The first-order valence-electron chi connectivity index (χ1n) is 4.17. The fourth-order valence-electron chi connectivity index (χ4n) is 1.20. The summed E-state index contributed by atoms with van der Waals surface area (Å²) in [5.41, 5.74) is 2.77. The van der Waals surface area contributed by atoms with E-state index in [4.69, 9.17) is 11.6 Å². The molecule has 0 fully saturated rings. The quantitative estimate of drug-likeness (QED) is 0.672. The summed E-state index contributed by atoms with van der Waals surface area (Å²) in [6.07, 6.45) is 3.39. The number of pyridine rings is 1. The van der Waals surface area contributed by atoms with Gasteiger partial charge in [0.25, 0.3) is 0 Å². The van der Waals surface area contributed by atoms with E-state index < -0.39 is 0 Å².